The summed E-state index contributed by atoms with van der Waals surface area (Å²) in [6.45, 7) is 3.13. The van der Waals surface area contributed by atoms with E-state index in [-0.39, 0.29) is 0 Å². The van der Waals surface area contributed by atoms with Gasteiger partial charge < -0.3 is 0 Å². The van der Waals surface area contributed by atoms with E-state index in [0.29, 0.717) is 0 Å². The van der Waals surface area contributed by atoms with Crippen LogP contribution >= 0.6 is 0 Å². The van der Waals surface area contributed by atoms with Crippen LogP contribution in [-0.2, 0) is 6.54 Å². The summed E-state index contributed by atoms with van der Waals surface area (Å²) in [7, 11) is 0. The molecule has 4 heteroatoms. The quantitative estimate of drug-likeness (QED) is 0.587. The molecule has 1 rings (SSSR count). The Morgan fingerprint density at radius 3 is 2.20 bits per heavy atom. The van der Waals surface area contributed by atoms with E-state index in [1.54, 1.807) is 4.80 Å². The Morgan fingerprint density at radius 2 is 1.60 bits per heavy atom. The summed E-state index contributed by atoms with van der Waals surface area (Å²) in [5, 5.41) is 11.2. The summed E-state index contributed by atoms with van der Waals surface area (Å²) in [4.78, 5) is 1.61. The highest BCUT2D eigenvalue weighted by Crippen LogP contribution is 2.08. The predicted octanol–water partition coefficient (Wildman–Crippen LogP) is 2.61. The highest BCUT2D eigenvalue weighted by molar-refractivity contribution is 4.46. The van der Waals surface area contributed by atoms with E-state index in [1.165, 1.54) is 44.9 Å². The monoisotopic (exact) mass is 209 g/mol. The average molecular weight is 209 g/mol. The van der Waals surface area contributed by atoms with E-state index < -0.39 is 0 Å². The molecule has 1 radical (unpaired) electrons. The molecule has 15 heavy (non-hydrogen) atoms. The van der Waals surface area contributed by atoms with Gasteiger partial charge in [-0.05, 0) is 11.6 Å². The Morgan fingerprint density at radius 1 is 0.933 bits per heavy atom. The average Bonchev–Trinajstić information content (AvgIpc) is 2.75. The first kappa shape index (κ1) is 12.1. The number of rotatable bonds is 9. The molecule has 4 nitrogen and oxygen atoms in total. The van der Waals surface area contributed by atoms with Crippen LogP contribution in [0.1, 0.15) is 58.3 Å². The standard InChI is InChI=1S/C11H21N4/c1-2-3-4-5-6-7-8-9-10-15-13-11-12-14-15/h2-10H2,1H3. The molecule has 0 aromatic carbocycles. The van der Waals surface area contributed by atoms with Crippen LogP contribution in [0.25, 0.3) is 0 Å². The zero-order chi connectivity index (χ0) is 10.8. The number of aryl methyl sites for hydroxylation is 1. The van der Waals surface area contributed by atoms with Gasteiger partial charge in [-0.2, -0.15) is 4.80 Å². The van der Waals surface area contributed by atoms with Gasteiger partial charge in [0.15, 0.2) is 0 Å². The maximum absolute atomic E-state index is 3.84. The molecule has 0 bridgehead atoms. The summed E-state index contributed by atoms with van der Waals surface area (Å²) in [5.41, 5.74) is 0. The maximum atomic E-state index is 3.84. The molecule has 1 aromatic rings. The second-order valence-electron chi connectivity index (χ2n) is 3.96. The third kappa shape index (κ3) is 6.20. The highest BCUT2D eigenvalue weighted by Gasteiger charge is 1.94. The molecular weight excluding hydrogens is 188 g/mol. The molecule has 0 amide bonds. The fraction of sp³-hybridized carbons (Fsp3) is 0.909. The minimum atomic E-state index is 0.880. The number of tetrazole rings is 1. The topological polar surface area (TPSA) is 43.6 Å². The van der Waals surface area contributed by atoms with Gasteiger partial charge in [-0.3, -0.25) is 0 Å². The van der Waals surface area contributed by atoms with Crippen molar-refractivity contribution in [2.75, 3.05) is 0 Å². The molecular formula is C11H21N4. The molecule has 0 saturated carbocycles. The molecule has 0 N–H and O–H groups in total. The van der Waals surface area contributed by atoms with Crippen molar-refractivity contribution in [3.63, 3.8) is 0 Å². The maximum Gasteiger partial charge on any atom is 0.245 e. The SMILES string of the molecule is CCCCCCCCCCn1n[c]nn1. The molecule has 0 aliphatic rings. The van der Waals surface area contributed by atoms with E-state index in [2.05, 4.69) is 28.7 Å². The first-order valence-electron chi connectivity index (χ1n) is 6.07. The smallest absolute Gasteiger partial charge is 0.164 e. The Bertz CT molecular complexity index is 221. The zero-order valence-corrected chi connectivity index (χ0v) is 9.65. The van der Waals surface area contributed by atoms with Gasteiger partial charge in [0, 0.05) is 0 Å². The van der Waals surface area contributed by atoms with Crippen LogP contribution in [0.3, 0.4) is 0 Å². The minimum Gasteiger partial charge on any atom is -0.164 e. The molecule has 0 unspecified atom stereocenters. The van der Waals surface area contributed by atoms with Crippen molar-refractivity contribution in [2.24, 2.45) is 0 Å². The third-order valence-electron chi connectivity index (χ3n) is 2.56. The van der Waals surface area contributed by atoms with Gasteiger partial charge in [-0.25, -0.2) is 0 Å². The zero-order valence-electron chi connectivity index (χ0n) is 9.65. The van der Waals surface area contributed by atoms with E-state index >= 15 is 0 Å². The van der Waals surface area contributed by atoms with E-state index in [1.807, 2.05) is 0 Å². The van der Waals surface area contributed by atoms with E-state index in [4.69, 9.17) is 0 Å². The van der Waals surface area contributed by atoms with E-state index in [9.17, 15) is 0 Å². The molecule has 0 atom stereocenters. The fourth-order valence-corrected chi connectivity index (χ4v) is 1.65. The van der Waals surface area contributed by atoms with Crippen molar-refractivity contribution in [1.82, 2.24) is 20.2 Å². The lowest BCUT2D eigenvalue weighted by atomic mass is 10.1. The lowest BCUT2D eigenvalue weighted by Crippen LogP contribution is -2.02. The number of unbranched alkanes of at least 4 members (excludes halogenated alkanes) is 7. The van der Waals surface area contributed by atoms with Crippen LogP contribution < -0.4 is 0 Å². The van der Waals surface area contributed by atoms with Crippen LogP contribution in [0.4, 0.5) is 0 Å². The van der Waals surface area contributed by atoms with Gasteiger partial charge in [0.2, 0.25) is 6.33 Å². The van der Waals surface area contributed by atoms with Gasteiger partial charge in [-0.15, -0.1) is 10.2 Å². The summed E-state index contributed by atoms with van der Waals surface area (Å²) in [5.74, 6) is 0. The molecule has 0 spiro atoms. The Kier molecular flexibility index (Phi) is 6.79. The Balaban J connectivity index is 1.81. The molecule has 0 fully saturated rings. The Labute approximate surface area is 92.1 Å². The molecule has 1 heterocycles. The number of aromatic nitrogens is 4. The van der Waals surface area contributed by atoms with Crippen LogP contribution in [0.15, 0.2) is 0 Å². The largest absolute Gasteiger partial charge is 0.245 e. The van der Waals surface area contributed by atoms with Crippen LogP contribution in [-0.4, -0.2) is 20.2 Å². The van der Waals surface area contributed by atoms with Crippen molar-refractivity contribution >= 4 is 0 Å². The highest BCUT2D eigenvalue weighted by atomic mass is 15.6. The van der Waals surface area contributed by atoms with Gasteiger partial charge in [0.1, 0.15) is 0 Å². The molecule has 1 aromatic heterocycles. The number of hydrogen-bond donors (Lipinski definition) is 0. The summed E-state index contributed by atoms with van der Waals surface area (Å²) in [6.07, 6.45) is 13.1. The molecule has 0 aliphatic heterocycles. The first-order valence-corrected chi connectivity index (χ1v) is 6.07. The minimum absolute atomic E-state index is 0.880. The van der Waals surface area contributed by atoms with Crippen molar-refractivity contribution in [3.05, 3.63) is 6.33 Å². The fourth-order valence-electron chi connectivity index (χ4n) is 1.65. The number of nitrogens with zero attached hydrogens (tertiary/aromatic N) is 4. The third-order valence-corrected chi connectivity index (χ3v) is 2.56. The van der Waals surface area contributed by atoms with Crippen molar-refractivity contribution < 1.29 is 0 Å². The molecule has 0 aliphatic carbocycles. The first-order chi connectivity index (χ1) is 7.43. The second kappa shape index (κ2) is 8.38. The van der Waals surface area contributed by atoms with E-state index in [0.717, 1.165) is 13.0 Å². The lowest BCUT2D eigenvalue weighted by molar-refractivity contribution is 0.472. The summed E-state index contributed by atoms with van der Waals surface area (Å²) >= 11 is 0. The van der Waals surface area contributed by atoms with Crippen LogP contribution in [0.2, 0.25) is 0 Å². The van der Waals surface area contributed by atoms with Crippen LogP contribution in [0.5, 0.6) is 0 Å². The summed E-state index contributed by atoms with van der Waals surface area (Å²) in [6, 6.07) is 0. The Hall–Kier alpha value is -0.930. The van der Waals surface area contributed by atoms with Crippen molar-refractivity contribution in [3.8, 4) is 0 Å². The van der Waals surface area contributed by atoms with Gasteiger partial charge in [-0.1, -0.05) is 51.9 Å². The number of hydrogen-bond acceptors (Lipinski definition) is 3. The predicted molar refractivity (Wildman–Crippen MR) is 59.3 cm³/mol. The van der Waals surface area contributed by atoms with Gasteiger partial charge >= 0.3 is 0 Å². The normalized spacial score (nSPS) is 10.7. The van der Waals surface area contributed by atoms with Crippen LogP contribution in [0, 0.1) is 6.33 Å². The second-order valence-corrected chi connectivity index (χ2v) is 3.96. The van der Waals surface area contributed by atoms with Gasteiger partial charge in [0.25, 0.3) is 0 Å². The molecule has 85 valence electrons. The molecule has 0 saturated heterocycles. The summed E-state index contributed by atoms with van der Waals surface area (Å²) < 4.78 is 0. The van der Waals surface area contributed by atoms with Gasteiger partial charge in [0.05, 0.1) is 6.54 Å². The van der Waals surface area contributed by atoms with Crippen molar-refractivity contribution in [1.29, 1.82) is 0 Å². The lowest BCUT2D eigenvalue weighted by Gasteiger charge is -2.00. The van der Waals surface area contributed by atoms with Crippen molar-refractivity contribution in [2.45, 2.75) is 64.8 Å².